The van der Waals surface area contributed by atoms with Gasteiger partial charge >= 0.3 is 0 Å². The van der Waals surface area contributed by atoms with Crippen molar-refractivity contribution in [2.75, 3.05) is 16.8 Å². The van der Waals surface area contributed by atoms with E-state index < -0.39 is 5.92 Å². The molecular formula is C25H29N3O3. The van der Waals surface area contributed by atoms with Crippen LogP contribution in [0.15, 0.2) is 48.5 Å². The van der Waals surface area contributed by atoms with Crippen LogP contribution in [0, 0.1) is 12.8 Å². The number of aryl methyl sites for hydroxylation is 1. The van der Waals surface area contributed by atoms with Gasteiger partial charge in [-0.1, -0.05) is 43.5 Å². The summed E-state index contributed by atoms with van der Waals surface area (Å²) in [5.41, 5.74) is 2.83. The molecule has 0 bridgehead atoms. The van der Waals surface area contributed by atoms with E-state index >= 15 is 0 Å². The van der Waals surface area contributed by atoms with Crippen molar-refractivity contribution in [1.82, 2.24) is 5.32 Å². The highest BCUT2D eigenvalue weighted by Gasteiger charge is 2.35. The molecule has 2 fully saturated rings. The smallest absolute Gasteiger partial charge is 0.253 e. The molecule has 0 unspecified atom stereocenters. The number of rotatable bonds is 5. The summed E-state index contributed by atoms with van der Waals surface area (Å²) in [6.07, 6.45) is 5.65. The van der Waals surface area contributed by atoms with E-state index in [1.54, 1.807) is 29.2 Å². The van der Waals surface area contributed by atoms with Gasteiger partial charge in [-0.3, -0.25) is 14.4 Å². The van der Waals surface area contributed by atoms with Gasteiger partial charge in [0.05, 0.1) is 17.2 Å². The maximum absolute atomic E-state index is 12.9. The summed E-state index contributed by atoms with van der Waals surface area (Å²) in [4.78, 5) is 40.0. The van der Waals surface area contributed by atoms with Gasteiger partial charge in [0.25, 0.3) is 5.91 Å². The number of benzene rings is 2. The zero-order valence-electron chi connectivity index (χ0n) is 17.9. The minimum atomic E-state index is -0.456. The maximum Gasteiger partial charge on any atom is 0.253 e. The number of hydrogen-bond donors (Lipinski definition) is 2. The molecule has 0 radical (unpaired) electrons. The summed E-state index contributed by atoms with van der Waals surface area (Å²) >= 11 is 0. The summed E-state index contributed by atoms with van der Waals surface area (Å²) in [5.74, 6) is -0.912. The monoisotopic (exact) mass is 419 g/mol. The Hall–Kier alpha value is -3.15. The molecule has 0 spiro atoms. The second kappa shape index (κ2) is 9.33. The quantitative estimate of drug-likeness (QED) is 0.767. The normalized spacial score (nSPS) is 19.3. The Bertz CT molecular complexity index is 981. The summed E-state index contributed by atoms with van der Waals surface area (Å²) < 4.78 is 0. The van der Waals surface area contributed by atoms with E-state index in [1.807, 2.05) is 31.2 Å². The van der Waals surface area contributed by atoms with E-state index in [1.165, 1.54) is 6.42 Å². The molecule has 3 amide bonds. The molecule has 162 valence electrons. The van der Waals surface area contributed by atoms with Crippen LogP contribution in [-0.2, 0) is 9.59 Å². The van der Waals surface area contributed by atoms with Gasteiger partial charge in [-0.25, -0.2) is 0 Å². The lowest BCUT2D eigenvalue weighted by molar-refractivity contribution is -0.122. The van der Waals surface area contributed by atoms with Crippen LogP contribution in [-0.4, -0.2) is 30.3 Å². The molecule has 6 nitrogen and oxygen atoms in total. The number of carbonyl (C=O) groups excluding carboxylic acids is 3. The van der Waals surface area contributed by atoms with Crippen molar-refractivity contribution in [3.8, 4) is 0 Å². The van der Waals surface area contributed by atoms with E-state index in [9.17, 15) is 14.4 Å². The zero-order chi connectivity index (χ0) is 21.8. The highest BCUT2D eigenvalue weighted by atomic mass is 16.2. The van der Waals surface area contributed by atoms with Gasteiger partial charge in [0.2, 0.25) is 11.8 Å². The van der Waals surface area contributed by atoms with Crippen molar-refractivity contribution >= 4 is 29.1 Å². The second-order valence-corrected chi connectivity index (χ2v) is 8.59. The molecule has 1 saturated carbocycles. The molecule has 2 aromatic rings. The van der Waals surface area contributed by atoms with E-state index in [0.29, 0.717) is 17.8 Å². The first-order chi connectivity index (χ1) is 15.0. The van der Waals surface area contributed by atoms with Gasteiger partial charge in [0.15, 0.2) is 0 Å². The summed E-state index contributed by atoms with van der Waals surface area (Å²) in [6, 6.07) is 15.0. The minimum absolute atomic E-state index is 0.0610. The predicted octanol–water partition coefficient (Wildman–Crippen LogP) is 4.05. The fourth-order valence-corrected chi connectivity index (χ4v) is 4.46. The lowest BCUT2D eigenvalue weighted by Gasteiger charge is -2.23. The Balaban J connectivity index is 1.43. The van der Waals surface area contributed by atoms with E-state index in [0.717, 1.165) is 36.9 Å². The number of amides is 3. The third kappa shape index (κ3) is 4.95. The topological polar surface area (TPSA) is 78.5 Å². The highest BCUT2D eigenvalue weighted by molar-refractivity contribution is 6.07. The standard InChI is InChI=1S/C25H29N3O3/c1-17-8-7-11-20(14-17)28-16-18(15-23(28)29)24(30)27-22-13-6-5-12-21(22)25(31)26-19-9-3-2-4-10-19/h5-8,11-14,18-19H,2-4,9-10,15-16H2,1H3,(H,26,31)(H,27,30)/t18-/m0/s1. The molecule has 1 atom stereocenters. The molecular weight excluding hydrogens is 390 g/mol. The number of anilines is 2. The molecule has 1 aliphatic heterocycles. The van der Waals surface area contributed by atoms with Crippen LogP contribution in [0.4, 0.5) is 11.4 Å². The van der Waals surface area contributed by atoms with Crippen molar-refractivity contribution in [3.05, 3.63) is 59.7 Å². The van der Waals surface area contributed by atoms with Crippen molar-refractivity contribution in [1.29, 1.82) is 0 Å². The Labute approximate surface area is 183 Å². The summed E-state index contributed by atoms with van der Waals surface area (Å²) in [7, 11) is 0. The Kier molecular flexibility index (Phi) is 6.35. The highest BCUT2D eigenvalue weighted by Crippen LogP contribution is 2.27. The van der Waals surface area contributed by atoms with Crippen LogP contribution in [0.25, 0.3) is 0 Å². The van der Waals surface area contributed by atoms with Crippen LogP contribution >= 0.6 is 0 Å². The Morgan fingerprint density at radius 1 is 1.00 bits per heavy atom. The average Bonchev–Trinajstić information content (AvgIpc) is 3.16. The number of nitrogens with one attached hydrogen (secondary N) is 2. The molecule has 0 aromatic heterocycles. The largest absolute Gasteiger partial charge is 0.349 e. The number of hydrogen-bond acceptors (Lipinski definition) is 3. The zero-order valence-corrected chi connectivity index (χ0v) is 17.9. The van der Waals surface area contributed by atoms with E-state index in [2.05, 4.69) is 10.6 Å². The van der Waals surface area contributed by atoms with Gasteiger partial charge < -0.3 is 15.5 Å². The van der Waals surface area contributed by atoms with Gasteiger partial charge in [-0.05, 0) is 49.6 Å². The van der Waals surface area contributed by atoms with Crippen molar-refractivity contribution in [2.45, 2.75) is 51.5 Å². The molecule has 1 heterocycles. The average molecular weight is 420 g/mol. The van der Waals surface area contributed by atoms with Crippen LogP contribution in [0.1, 0.15) is 54.4 Å². The lowest BCUT2D eigenvalue weighted by Crippen LogP contribution is -2.36. The number of nitrogens with zero attached hydrogens (tertiary/aromatic N) is 1. The third-order valence-corrected chi connectivity index (χ3v) is 6.18. The van der Waals surface area contributed by atoms with Crippen LogP contribution in [0.2, 0.25) is 0 Å². The van der Waals surface area contributed by atoms with Gasteiger partial charge in [0, 0.05) is 24.7 Å². The second-order valence-electron chi connectivity index (χ2n) is 8.59. The molecule has 1 saturated heterocycles. The van der Waals surface area contributed by atoms with Gasteiger partial charge in [-0.2, -0.15) is 0 Å². The third-order valence-electron chi connectivity index (χ3n) is 6.18. The van der Waals surface area contributed by atoms with Crippen LogP contribution in [0.5, 0.6) is 0 Å². The molecule has 4 rings (SSSR count). The van der Waals surface area contributed by atoms with E-state index in [-0.39, 0.29) is 30.2 Å². The predicted molar refractivity (Wildman–Crippen MR) is 121 cm³/mol. The molecule has 2 N–H and O–H groups in total. The molecule has 2 aromatic carbocycles. The first-order valence-electron chi connectivity index (χ1n) is 11.1. The van der Waals surface area contributed by atoms with Gasteiger partial charge in [0.1, 0.15) is 0 Å². The number of carbonyl (C=O) groups is 3. The van der Waals surface area contributed by atoms with Crippen LogP contribution in [0.3, 0.4) is 0 Å². The summed E-state index contributed by atoms with van der Waals surface area (Å²) in [6.45, 7) is 2.31. The SMILES string of the molecule is Cc1cccc(N2C[C@@H](C(=O)Nc3ccccc3C(=O)NC3CCCCC3)CC2=O)c1. The molecule has 6 heteroatoms. The molecule has 2 aliphatic rings. The first-order valence-corrected chi connectivity index (χ1v) is 11.1. The minimum Gasteiger partial charge on any atom is -0.349 e. The lowest BCUT2D eigenvalue weighted by atomic mass is 9.95. The van der Waals surface area contributed by atoms with Gasteiger partial charge in [-0.15, -0.1) is 0 Å². The van der Waals surface area contributed by atoms with Crippen LogP contribution < -0.4 is 15.5 Å². The van der Waals surface area contributed by atoms with Crippen molar-refractivity contribution in [2.24, 2.45) is 5.92 Å². The van der Waals surface area contributed by atoms with Crippen molar-refractivity contribution in [3.63, 3.8) is 0 Å². The maximum atomic E-state index is 12.9. The van der Waals surface area contributed by atoms with Crippen molar-refractivity contribution < 1.29 is 14.4 Å². The Morgan fingerprint density at radius 2 is 1.77 bits per heavy atom. The fraction of sp³-hybridized carbons (Fsp3) is 0.400. The number of para-hydroxylation sites is 1. The summed E-state index contributed by atoms with van der Waals surface area (Å²) in [5, 5.41) is 6.00. The fourth-order valence-electron chi connectivity index (χ4n) is 4.46. The first kappa shape index (κ1) is 21.1. The van der Waals surface area contributed by atoms with E-state index in [4.69, 9.17) is 0 Å². The molecule has 1 aliphatic carbocycles. The molecule has 31 heavy (non-hydrogen) atoms. The Morgan fingerprint density at radius 3 is 2.55 bits per heavy atom.